The molecule has 2 aromatic carbocycles. The molecule has 24 heavy (non-hydrogen) atoms. The number of hydrogen-bond acceptors (Lipinski definition) is 3. The number of nitrogens with zero attached hydrogens (tertiary/aromatic N) is 1. The molecule has 0 saturated heterocycles. The third-order valence-electron chi connectivity index (χ3n) is 3.73. The zero-order chi connectivity index (χ0) is 17.3. The monoisotopic (exact) mass is 345 g/mol. The second-order valence-corrected chi connectivity index (χ2v) is 5.69. The molecule has 1 amide bonds. The van der Waals surface area contributed by atoms with E-state index in [1.165, 1.54) is 17.0 Å². The summed E-state index contributed by atoms with van der Waals surface area (Å²) < 4.78 is 18.1. The standard InChI is InChI=1S/C18H13ClFNO3/c1-11-14-4-2-3-5-15(14)18(23)21(11)9-17(22)24-10-12-6-7-13(20)8-16(12)19/h2-8H,1,9-10H2. The number of carbonyl (C=O) groups is 2. The van der Waals surface area contributed by atoms with Crippen LogP contribution in [0.25, 0.3) is 5.70 Å². The molecule has 0 saturated carbocycles. The number of amides is 1. The largest absolute Gasteiger partial charge is 0.459 e. The highest BCUT2D eigenvalue weighted by molar-refractivity contribution is 6.31. The molecule has 0 radical (unpaired) electrons. The molecular weight excluding hydrogens is 333 g/mol. The van der Waals surface area contributed by atoms with E-state index in [0.717, 1.165) is 6.07 Å². The molecule has 1 aliphatic heterocycles. The van der Waals surface area contributed by atoms with Crippen LogP contribution in [0.5, 0.6) is 0 Å². The van der Waals surface area contributed by atoms with Gasteiger partial charge in [-0.25, -0.2) is 4.39 Å². The zero-order valence-electron chi connectivity index (χ0n) is 12.6. The van der Waals surface area contributed by atoms with E-state index in [9.17, 15) is 14.0 Å². The average Bonchev–Trinajstić information content (AvgIpc) is 2.79. The SMILES string of the molecule is C=C1c2ccccc2C(=O)N1CC(=O)OCc1ccc(F)cc1Cl. The Kier molecular flexibility index (Phi) is 4.36. The van der Waals surface area contributed by atoms with Crippen molar-refractivity contribution < 1.29 is 18.7 Å². The van der Waals surface area contributed by atoms with Crippen LogP contribution >= 0.6 is 11.6 Å². The Bertz CT molecular complexity index is 815. The van der Waals surface area contributed by atoms with Gasteiger partial charge in [-0.3, -0.25) is 14.5 Å². The Labute approximate surface area is 143 Å². The number of hydrogen-bond donors (Lipinski definition) is 0. The molecule has 0 atom stereocenters. The minimum atomic E-state index is -0.599. The predicted octanol–water partition coefficient (Wildman–Crippen LogP) is 3.65. The van der Waals surface area contributed by atoms with Crippen molar-refractivity contribution in [2.75, 3.05) is 6.54 Å². The maximum Gasteiger partial charge on any atom is 0.326 e. The Morgan fingerprint density at radius 3 is 2.58 bits per heavy atom. The van der Waals surface area contributed by atoms with Gasteiger partial charge >= 0.3 is 5.97 Å². The van der Waals surface area contributed by atoms with E-state index < -0.39 is 11.8 Å². The van der Waals surface area contributed by atoms with Gasteiger partial charge in [0.1, 0.15) is 19.0 Å². The van der Waals surface area contributed by atoms with Gasteiger partial charge in [0.05, 0.1) is 5.02 Å². The number of rotatable bonds is 4. The summed E-state index contributed by atoms with van der Waals surface area (Å²) in [5, 5.41) is 0.178. The first kappa shape index (κ1) is 16.2. The van der Waals surface area contributed by atoms with Crippen molar-refractivity contribution in [3.63, 3.8) is 0 Å². The molecule has 0 N–H and O–H groups in total. The van der Waals surface area contributed by atoms with Gasteiger partial charge < -0.3 is 4.74 Å². The number of ether oxygens (including phenoxy) is 1. The van der Waals surface area contributed by atoms with E-state index >= 15 is 0 Å². The molecular formula is C18H13ClFNO3. The molecule has 0 aliphatic carbocycles. The fourth-order valence-corrected chi connectivity index (χ4v) is 2.70. The number of benzene rings is 2. The molecule has 1 aliphatic rings. The summed E-state index contributed by atoms with van der Waals surface area (Å²) in [5.74, 6) is -1.35. The van der Waals surface area contributed by atoms with Gasteiger partial charge in [0, 0.05) is 22.4 Å². The van der Waals surface area contributed by atoms with Gasteiger partial charge in [-0.2, -0.15) is 0 Å². The van der Waals surface area contributed by atoms with Crippen LogP contribution in [0.2, 0.25) is 5.02 Å². The summed E-state index contributed by atoms with van der Waals surface area (Å²) >= 11 is 5.88. The lowest BCUT2D eigenvalue weighted by Crippen LogP contribution is -2.30. The Morgan fingerprint density at radius 2 is 1.92 bits per heavy atom. The topological polar surface area (TPSA) is 46.6 Å². The highest BCUT2D eigenvalue weighted by Gasteiger charge is 2.32. The third-order valence-corrected chi connectivity index (χ3v) is 4.08. The van der Waals surface area contributed by atoms with Crippen molar-refractivity contribution in [2.24, 2.45) is 0 Å². The average molecular weight is 346 g/mol. The fourth-order valence-electron chi connectivity index (χ4n) is 2.47. The maximum atomic E-state index is 13.0. The van der Waals surface area contributed by atoms with Crippen molar-refractivity contribution >= 4 is 29.2 Å². The van der Waals surface area contributed by atoms with Crippen LogP contribution in [0.15, 0.2) is 49.0 Å². The quantitative estimate of drug-likeness (QED) is 0.795. The summed E-state index contributed by atoms with van der Waals surface area (Å²) in [6.07, 6.45) is 0. The van der Waals surface area contributed by atoms with Crippen LogP contribution in [0.1, 0.15) is 21.5 Å². The molecule has 3 rings (SSSR count). The van der Waals surface area contributed by atoms with E-state index in [-0.39, 0.29) is 24.1 Å². The Morgan fingerprint density at radius 1 is 1.21 bits per heavy atom. The Balaban J connectivity index is 1.64. The highest BCUT2D eigenvalue weighted by Crippen LogP contribution is 2.30. The van der Waals surface area contributed by atoms with Crippen LogP contribution in [0.4, 0.5) is 4.39 Å². The minimum absolute atomic E-state index is 0.0978. The minimum Gasteiger partial charge on any atom is -0.459 e. The van der Waals surface area contributed by atoms with Crippen molar-refractivity contribution in [1.82, 2.24) is 4.90 Å². The molecule has 2 aromatic rings. The Hall–Kier alpha value is -2.66. The summed E-state index contributed by atoms with van der Waals surface area (Å²) in [7, 11) is 0. The maximum absolute atomic E-state index is 13.0. The summed E-state index contributed by atoms with van der Waals surface area (Å²) in [5.41, 5.74) is 2.17. The lowest BCUT2D eigenvalue weighted by Gasteiger charge is -2.16. The molecule has 0 aromatic heterocycles. The highest BCUT2D eigenvalue weighted by atomic mass is 35.5. The summed E-state index contributed by atoms with van der Waals surface area (Å²) in [4.78, 5) is 25.6. The first-order valence-corrected chi connectivity index (χ1v) is 7.55. The van der Waals surface area contributed by atoms with Crippen LogP contribution in [0, 0.1) is 5.82 Å². The van der Waals surface area contributed by atoms with Gasteiger partial charge in [0.15, 0.2) is 0 Å². The van der Waals surface area contributed by atoms with Crippen molar-refractivity contribution in [2.45, 2.75) is 6.61 Å². The van der Waals surface area contributed by atoms with Gasteiger partial charge in [0.2, 0.25) is 0 Å². The molecule has 0 spiro atoms. The molecule has 6 heteroatoms. The lowest BCUT2D eigenvalue weighted by atomic mass is 10.1. The molecule has 4 nitrogen and oxygen atoms in total. The number of fused-ring (bicyclic) bond motifs is 1. The second-order valence-electron chi connectivity index (χ2n) is 5.28. The lowest BCUT2D eigenvalue weighted by molar-refractivity contribution is -0.145. The predicted molar refractivity (Wildman–Crippen MR) is 87.7 cm³/mol. The van der Waals surface area contributed by atoms with E-state index in [2.05, 4.69) is 6.58 Å². The van der Waals surface area contributed by atoms with Crippen molar-refractivity contribution in [1.29, 1.82) is 0 Å². The van der Waals surface area contributed by atoms with Crippen LogP contribution < -0.4 is 0 Å². The normalized spacial score (nSPS) is 13.2. The molecule has 0 fully saturated rings. The number of carbonyl (C=O) groups excluding carboxylic acids is 2. The number of esters is 1. The second kappa shape index (κ2) is 6.45. The first-order chi connectivity index (χ1) is 11.5. The zero-order valence-corrected chi connectivity index (χ0v) is 13.3. The van der Waals surface area contributed by atoms with E-state index in [0.29, 0.717) is 22.4 Å². The first-order valence-electron chi connectivity index (χ1n) is 7.17. The molecule has 0 unspecified atom stereocenters. The van der Waals surface area contributed by atoms with Crippen molar-refractivity contribution in [3.05, 3.63) is 76.6 Å². The van der Waals surface area contributed by atoms with Crippen LogP contribution in [-0.4, -0.2) is 23.3 Å². The summed E-state index contributed by atoms with van der Waals surface area (Å²) in [6.45, 7) is 3.51. The molecule has 122 valence electrons. The summed E-state index contributed by atoms with van der Waals surface area (Å²) in [6, 6.07) is 10.8. The smallest absolute Gasteiger partial charge is 0.326 e. The van der Waals surface area contributed by atoms with Gasteiger partial charge in [0.25, 0.3) is 5.91 Å². The van der Waals surface area contributed by atoms with E-state index in [1.54, 1.807) is 24.3 Å². The fraction of sp³-hybridized carbons (Fsp3) is 0.111. The van der Waals surface area contributed by atoms with Crippen LogP contribution in [0.3, 0.4) is 0 Å². The third kappa shape index (κ3) is 3.03. The number of halogens is 2. The van der Waals surface area contributed by atoms with Crippen molar-refractivity contribution in [3.8, 4) is 0 Å². The van der Waals surface area contributed by atoms with Gasteiger partial charge in [-0.1, -0.05) is 42.4 Å². The van der Waals surface area contributed by atoms with Gasteiger partial charge in [-0.05, 0) is 18.2 Å². The molecule has 1 heterocycles. The molecule has 0 bridgehead atoms. The van der Waals surface area contributed by atoms with Gasteiger partial charge in [-0.15, -0.1) is 0 Å². The van der Waals surface area contributed by atoms with Crippen LogP contribution in [-0.2, 0) is 16.1 Å². The van der Waals surface area contributed by atoms with E-state index in [4.69, 9.17) is 16.3 Å². The van der Waals surface area contributed by atoms with E-state index in [1.807, 2.05) is 0 Å².